The van der Waals surface area contributed by atoms with Gasteiger partial charge in [0.1, 0.15) is 11.9 Å². The number of hydrogen-bond donors (Lipinski definition) is 1. The maximum Gasteiger partial charge on any atom is 0.342 e. The molecule has 0 aliphatic carbocycles. The van der Waals surface area contributed by atoms with Gasteiger partial charge in [-0.3, -0.25) is 0 Å². The molecular formula is C25H22N2O5S3. The van der Waals surface area contributed by atoms with E-state index in [0.29, 0.717) is 5.75 Å². The van der Waals surface area contributed by atoms with Crippen LogP contribution >= 0.6 is 23.1 Å². The van der Waals surface area contributed by atoms with E-state index >= 15 is 0 Å². The molecule has 0 radical (unpaired) electrons. The van der Waals surface area contributed by atoms with Crippen molar-refractivity contribution in [3.63, 3.8) is 0 Å². The van der Waals surface area contributed by atoms with E-state index in [4.69, 9.17) is 15.2 Å². The fourth-order valence-corrected chi connectivity index (χ4v) is 7.60. The number of carbonyl (C=O) groups excluding carboxylic acids is 1. The number of ether oxygens (including phenoxy) is 2. The van der Waals surface area contributed by atoms with Gasteiger partial charge < -0.3 is 15.2 Å². The minimum absolute atomic E-state index is 0.0197. The summed E-state index contributed by atoms with van der Waals surface area (Å²) in [5.74, 6) is 0.177. The Morgan fingerprint density at radius 1 is 1.09 bits per heavy atom. The van der Waals surface area contributed by atoms with E-state index in [1.807, 2.05) is 48.5 Å². The number of benzene rings is 3. The summed E-state index contributed by atoms with van der Waals surface area (Å²) in [5, 5.41) is 0. The first kappa shape index (κ1) is 23.8. The maximum absolute atomic E-state index is 13.4. The largest absolute Gasteiger partial charge is 0.497 e. The monoisotopic (exact) mass is 526 g/mol. The SMILES string of the molecule is COc1ccc(-c2ccc(S(=O)(=O)C3(N)CC(CSc4nc5ccccc5s4)OC3=O)cc2)cc1. The Kier molecular flexibility index (Phi) is 6.30. The zero-order valence-corrected chi connectivity index (χ0v) is 21.2. The average molecular weight is 527 g/mol. The van der Waals surface area contributed by atoms with Gasteiger partial charge in [-0.25, -0.2) is 18.2 Å². The predicted molar refractivity (Wildman–Crippen MR) is 137 cm³/mol. The molecule has 1 aliphatic heterocycles. The minimum Gasteiger partial charge on any atom is -0.497 e. The van der Waals surface area contributed by atoms with Gasteiger partial charge in [-0.05, 0) is 47.5 Å². The first-order valence-corrected chi connectivity index (χ1v) is 14.1. The molecule has 2 unspecified atom stereocenters. The molecule has 7 nitrogen and oxygen atoms in total. The maximum atomic E-state index is 13.4. The van der Waals surface area contributed by atoms with Crippen molar-refractivity contribution in [3.05, 3.63) is 72.8 Å². The zero-order chi connectivity index (χ0) is 24.6. The van der Waals surface area contributed by atoms with Crippen LogP contribution in [0, 0.1) is 0 Å². The highest BCUT2D eigenvalue weighted by Gasteiger charge is 2.56. The molecule has 4 aromatic rings. The standard InChI is InChI=1S/C25H22N2O5S3/c1-31-18-10-6-16(7-11-18)17-8-12-20(13-9-17)35(29,30)25(26)14-19(32-23(25)28)15-33-24-27-21-4-2-3-5-22(21)34-24/h2-13,19H,14-15,26H2,1H3. The van der Waals surface area contributed by atoms with Gasteiger partial charge in [-0.15, -0.1) is 11.3 Å². The lowest BCUT2D eigenvalue weighted by Gasteiger charge is -2.20. The number of carbonyl (C=O) groups is 1. The van der Waals surface area contributed by atoms with E-state index < -0.39 is 26.8 Å². The number of nitrogens with two attached hydrogens (primary N) is 1. The number of nitrogens with zero attached hydrogens (tertiary/aromatic N) is 1. The van der Waals surface area contributed by atoms with Crippen molar-refractivity contribution in [1.82, 2.24) is 4.98 Å². The molecule has 3 aromatic carbocycles. The highest BCUT2D eigenvalue weighted by Crippen LogP contribution is 2.37. The quantitative estimate of drug-likeness (QED) is 0.277. The molecule has 10 heteroatoms. The molecule has 0 bridgehead atoms. The summed E-state index contributed by atoms with van der Waals surface area (Å²) in [4.78, 5) is 15.1. The number of aromatic nitrogens is 1. The summed E-state index contributed by atoms with van der Waals surface area (Å²) in [7, 11) is -2.58. The second-order valence-electron chi connectivity index (χ2n) is 8.14. The van der Waals surface area contributed by atoms with Crippen molar-refractivity contribution in [1.29, 1.82) is 0 Å². The second kappa shape index (κ2) is 9.27. The molecule has 1 saturated heterocycles. The summed E-state index contributed by atoms with van der Waals surface area (Å²) >= 11 is 2.97. The number of sulfone groups is 1. The first-order valence-electron chi connectivity index (χ1n) is 10.8. The number of hydrogen-bond acceptors (Lipinski definition) is 9. The molecular weight excluding hydrogens is 504 g/mol. The Bertz CT molecular complexity index is 1450. The van der Waals surface area contributed by atoms with Gasteiger partial charge in [-0.2, -0.15) is 0 Å². The van der Waals surface area contributed by atoms with Crippen LogP contribution in [0.3, 0.4) is 0 Å². The number of thioether (sulfide) groups is 1. The van der Waals surface area contributed by atoms with E-state index in [1.54, 1.807) is 30.6 Å². The summed E-state index contributed by atoms with van der Waals surface area (Å²) in [6, 6.07) is 21.6. The fraction of sp³-hybridized carbons (Fsp3) is 0.200. The number of esters is 1. The third-order valence-electron chi connectivity index (χ3n) is 5.88. The van der Waals surface area contributed by atoms with Gasteiger partial charge in [0.2, 0.25) is 14.7 Å². The predicted octanol–water partition coefficient (Wildman–Crippen LogP) is 4.51. The van der Waals surface area contributed by atoms with Crippen molar-refractivity contribution in [3.8, 4) is 16.9 Å². The Morgan fingerprint density at radius 2 is 1.74 bits per heavy atom. The van der Waals surface area contributed by atoms with Crippen molar-refractivity contribution < 1.29 is 22.7 Å². The number of cyclic esters (lactones) is 1. The molecule has 1 fully saturated rings. The highest BCUT2D eigenvalue weighted by atomic mass is 32.2. The smallest absolute Gasteiger partial charge is 0.342 e. The van der Waals surface area contributed by atoms with E-state index in [-0.39, 0.29) is 11.3 Å². The van der Waals surface area contributed by atoms with Crippen molar-refractivity contribution >= 4 is 49.1 Å². The lowest BCUT2D eigenvalue weighted by Crippen LogP contribution is -2.51. The third kappa shape index (κ3) is 4.42. The normalized spacial score (nSPS) is 20.2. The lowest BCUT2D eigenvalue weighted by molar-refractivity contribution is -0.142. The topological polar surface area (TPSA) is 109 Å². The Morgan fingerprint density at radius 3 is 2.40 bits per heavy atom. The van der Waals surface area contributed by atoms with Gasteiger partial charge in [0.05, 0.1) is 22.2 Å². The van der Waals surface area contributed by atoms with Gasteiger partial charge in [0.15, 0.2) is 4.34 Å². The summed E-state index contributed by atoms with van der Waals surface area (Å²) in [6.07, 6.45) is -0.746. The van der Waals surface area contributed by atoms with Crippen molar-refractivity contribution in [2.45, 2.75) is 26.6 Å². The number of para-hydroxylation sites is 1. The summed E-state index contributed by atoms with van der Waals surface area (Å²) < 4.78 is 39.2. The van der Waals surface area contributed by atoms with E-state index in [9.17, 15) is 13.2 Å². The van der Waals surface area contributed by atoms with Crippen molar-refractivity contribution in [2.24, 2.45) is 5.73 Å². The lowest BCUT2D eigenvalue weighted by atomic mass is 10.1. The summed E-state index contributed by atoms with van der Waals surface area (Å²) in [5.41, 5.74) is 8.85. The molecule has 0 saturated carbocycles. The molecule has 1 aliphatic rings. The van der Waals surface area contributed by atoms with E-state index in [0.717, 1.165) is 31.4 Å². The van der Waals surface area contributed by atoms with Crippen molar-refractivity contribution in [2.75, 3.05) is 12.9 Å². The number of rotatable bonds is 7. The Labute approximate surface area is 211 Å². The molecule has 0 spiro atoms. The van der Waals surface area contributed by atoms with Crippen LogP contribution < -0.4 is 10.5 Å². The molecule has 2 N–H and O–H groups in total. The van der Waals surface area contributed by atoms with Crippen LogP contribution in [0.5, 0.6) is 5.75 Å². The van der Waals surface area contributed by atoms with Crippen LogP contribution in [-0.4, -0.2) is 43.2 Å². The molecule has 0 amide bonds. The van der Waals surface area contributed by atoms with Crippen LogP contribution in [0.25, 0.3) is 21.3 Å². The zero-order valence-electron chi connectivity index (χ0n) is 18.7. The molecule has 35 heavy (non-hydrogen) atoms. The van der Waals surface area contributed by atoms with Crippen LogP contribution in [-0.2, 0) is 19.4 Å². The third-order valence-corrected chi connectivity index (χ3v) is 10.4. The average Bonchev–Trinajstić information content (AvgIpc) is 3.43. The Balaban J connectivity index is 1.30. The number of thiazole rings is 1. The molecule has 5 rings (SSSR count). The van der Waals surface area contributed by atoms with Gasteiger partial charge in [0, 0.05) is 12.2 Å². The minimum atomic E-state index is -4.17. The molecule has 1 aromatic heterocycles. The van der Waals surface area contributed by atoms with Gasteiger partial charge in [-0.1, -0.05) is 48.2 Å². The number of methoxy groups -OCH3 is 1. The molecule has 180 valence electrons. The first-order chi connectivity index (χ1) is 16.8. The molecule has 2 heterocycles. The molecule has 2 atom stereocenters. The highest BCUT2D eigenvalue weighted by molar-refractivity contribution is 8.01. The van der Waals surface area contributed by atoms with E-state index in [2.05, 4.69) is 4.98 Å². The van der Waals surface area contributed by atoms with Crippen LogP contribution in [0.4, 0.5) is 0 Å². The Hall–Kier alpha value is -2.92. The van der Waals surface area contributed by atoms with E-state index in [1.165, 1.54) is 23.9 Å². The number of fused-ring (bicyclic) bond motifs is 1. The fourth-order valence-electron chi connectivity index (χ4n) is 3.92. The van der Waals surface area contributed by atoms with Gasteiger partial charge in [0.25, 0.3) is 0 Å². The van der Waals surface area contributed by atoms with Gasteiger partial charge >= 0.3 is 5.97 Å². The summed E-state index contributed by atoms with van der Waals surface area (Å²) in [6.45, 7) is 0. The second-order valence-corrected chi connectivity index (χ2v) is 12.6. The van der Waals surface area contributed by atoms with Crippen LogP contribution in [0.1, 0.15) is 6.42 Å². The van der Waals surface area contributed by atoms with Crippen LogP contribution in [0.2, 0.25) is 0 Å². The van der Waals surface area contributed by atoms with Crippen LogP contribution in [0.15, 0.2) is 82.0 Å².